The molecule has 1 fully saturated rings. The van der Waals surface area contributed by atoms with Crippen molar-refractivity contribution in [2.24, 2.45) is 0 Å². The summed E-state index contributed by atoms with van der Waals surface area (Å²) in [4.78, 5) is 0. The highest BCUT2D eigenvalue weighted by Gasteiger charge is 2.37. The third kappa shape index (κ3) is 1.75. The molecule has 0 aliphatic carbocycles. The number of ether oxygens (including phenoxy) is 2. The van der Waals surface area contributed by atoms with E-state index in [1.165, 1.54) is 7.11 Å². The van der Waals surface area contributed by atoms with Crippen LogP contribution >= 0.6 is 0 Å². The van der Waals surface area contributed by atoms with E-state index in [0.29, 0.717) is 0 Å². The lowest BCUT2D eigenvalue weighted by Crippen LogP contribution is -2.54. The van der Waals surface area contributed by atoms with E-state index in [0.717, 1.165) is 0 Å². The monoisotopic (exact) mass is 178 g/mol. The molecule has 4 atom stereocenters. The molecule has 1 aliphatic rings. The van der Waals surface area contributed by atoms with Gasteiger partial charge in [0.2, 0.25) is 0 Å². The molecule has 12 heavy (non-hydrogen) atoms. The summed E-state index contributed by atoms with van der Waals surface area (Å²) in [5, 5.41) is 27.4. The molecule has 1 saturated heterocycles. The van der Waals surface area contributed by atoms with Crippen LogP contribution < -0.4 is 0 Å². The van der Waals surface area contributed by atoms with Crippen LogP contribution in [0.15, 0.2) is 0 Å². The Morgan fingerprint density at radius 3 is 2.58 bits per heavy atom. The molecule has 1 heterocycles. The Morgan fingerprint density at radius 2 is 2.08 bits per heavy atom. The molecular formula is C7H14O5. The van der Waals surface area contributed by atoms with Crippen molar-refractivity contribution in [3.63, 3.8) is 0 Å². The standard InChI is InChI=1S/C7H14O5/c1-11-5-3-12-4(2-8)6(9)7(5)10/h4-10H,2-3H2,1H3/t4?,5-,6-,7?/m1/s1. The summed E-state index contributed by atoms with van der Waals surface area (Å²) in [6.07, 6.45) is -3.27. The van der Waals surface area contributed by atoms with E-state index in [1.54, 1.807) is 0 Å². The highest BCUT2D eigenvalue weighted by Crippen LogP contribution is 2.16. The summed E-state index contributed by atoms with van der Waals surface area (Å²) < 4.78 is 9.88. The minimum atomic E-state index is -1.08. The van der Waals surface area contributed by atoms with Gasteiger partial charge in [0.05, 0.1) is 13.2 Å². The second kappa shape index (κ2) is 4.15. The Kier molecular flexibility index (Phi) is 3.42. The Morgan fingerprint density at radius 1 is 1.42 bits per heavy atom. The van der Waals surface area contributed by atoms with Gasteiger partial charge in [0.1, 0.15) is 24.4 Å². The summed E-state index contributed by atoms with van der Waals surface area (Å²) in [5.41, 5.74) is 0. The van der Waals surface area contributed by atoms with Gasteiger partial charge < -0.3 is 24.8 Å². The normalized spacial score (nSPS) is 43.0. The first-order valence-corrected chi connectivity index (χ1v) is 3.82. The third-order valence-electron chi connectivity index (χ3n) is 2.07. The zero-order valence-corrected chi connectivity index (χ0v) is 6.88. The summed E-state index contributed by atoms with van der Waals surface area (Å²) in [6, 6.07) is 0. The number of methoxy groups -OCH3 is 1. The SMILES string of the molecule is CO[C@@H]1COC(CO)[C@@H](O)C1O. The van der Waals surface area contributed by atoms with Crippen molar-refractivity contribution >= 4 is 0 Å². The molecule has 0 radical (unpaired) electrons. The minimum absolute atomic E-state index is 0.194. The average molecular weight is 178 g/mol. The quantitative estimate of drug-likeness (QED) is 0.461. The van der Waals surface area contributed by atoms with Crippen LogP contribution in [0.2, 0.25) is 0 Å². The van der Waals surface area contributed by atoms with E-state index < -0.39 is 24.4 Å². The van der Waals surface area contributed by atoms with Crippen LogP contribution in [0.25, 0.3) is 0 Å². The van der Waals surface area contributed by atoms with Crippen LogP contribution in [-0.4, -0.2) is 60.1 Å². The molecule has 0 aromatic carbocycles. The van der Waals surface area contributed by atoms with Gasteiger partial charge in [-0.1, -0.05) is 0 Å². The molecule has 2 unspecified atom stereocenters. The summed E-state index contributed by atoms with van der Waals surface area (Å²) >= 11 is 0. The lowest BCUT2D eigenvalue weighted by molar-refractivity contribution is -0.202. The molecule has 0 amide bonds. The summed E-state index contributed by atoms with van der Waals surface area (Å²) in [5.74, 6) is 0. The van der Waals surface area contributed by atoms with E-state index in [4.69, 9.17) is 14.6 Å². The Labute approximate surface area is 70.5 Å². The maximum absolute atomic E-state index is 9.37. The summed E-state index contributed by atoms with van der Waals surface area (Å²) in [6.45, 7) is -0.103. The van der Waals surface area contributed by atoms with Gasteiger partial charge in [0.15, 0.2) is 0 Å². The van der Waals surface area contributed by atoms with E-state index in [-0.39, 0.29) is 13.2 Å². The van der Waals surface area contributed by atoms with E-state index >= 15 is 0 Å². The number of rotatable bonds is 2. The van der Waals surface area contributed by atoms with Crippen LogP contribution in [0.5, 0.6) is 0 Å². The fourth-order valence-corrected chi connectivity index (χ4v) is 1.22. The highest BCUT2D eigenvalue weighted by molar-refractivity contribution is 4.86. The number of hydrogen-bond acceptors (Lipinski definition) is 5. The predicted molar refractivity (Wildman–Crippen MR) is 39.6 cm³/mol. The van der Waals surface area contributed by atoms with E-state index in [1.807, 2.05) is 0 Å². The minimum Gasteiger partial charge on any atom is -0.394 e. The van der Waals surface area contributed by atoms with Gasteiger partial charge in [-0.05, 0) is 0 Å². The van der Waals surface area contributed by atoms with Crippen molar-refractivity contribution in [1.82, 2.24) is 0 Å². The number of aliphatic hydroxyl groups excluding tert-OH is 3. The molecule has 72 valence electrons. The van der Waals surface area contributed by atoms with E-state index in [9.17, 15) is 10.2 Å². The maximum Gasteiger partial charge on any atom is 0.111 e. The number of hydrogen-bond donors (Lipinski definition) is 3. The summed E-state index contributed by atoms with van der Waals surface area (Å²) in [7, 11) is 1.43. The Bertz CT molecular complexity index is 124. The van der Waals surface area contributed by atoms with Gasteiger partial charge in [-0.25, -0.2) is 0 Å². The molecule has 5 heteroatoms. The molecule has 0 aromatic rings. The zero-order chi connectivity index (χ0) is 9.14. The molecule has 0 bridgehead atoms. The van der Waals surface area contributed by atoms with Crippen molar-refractivity contribution in [3.8, 4) is 0 Å². The molecule has 0 spiro atoms. The smallest absolute Gasteiger partial charge is 0.111 e. The second-order valence-corrected chi connectivity index (χ2v) is 2.81. The fourth-order valence-electron chi connectivity index (χ4n) is 1.22. The maximum atomic E-state index is 9.37. The molecular weight excluding hydrogens is 164 g/mol. The second-order valence-electron chi connectivity index (χ2n) is 2.81. The van der Waals surface area contributed by atoms with Gasteiger partial charge in [-0.2, -0.15) is 0 Å². The molecule has 1 rings (SSSR count). The molecule has 0 aromatic heterocycles. The van der Waals surface area contributed by atoms with Gasteiger partial charge >= 0.3 is 0 Å². The van der Waals surface area contributed by atoms with Crippen LogP contribution in [-0.2, 0) is 9.47 Å². The average Bonchev–Trinajstić information content (AvgIpc) is 2.10. The first-order chi connectivity index (χ1) is 5.70. The first kappa shape index (κ1) is 9.88. The zero-order valence-electron chi connectivity index (χ0n) is 6.88. The topological polar surface area (TPSA) is 79.2 Å². The predicted octanol–water partition coefficient (Wildman–Crippen LogP) is -1.89. The third-order valence-corrected chi connectivity index (χ3v) is 2.07. The highest BCUT2D eigenvalue weighted by atomic mass is 16.6. The van der Waals surface area contributed by atoms with Crippen LogP contribution in [0.4, 0.5) is 0 Å². The van der Waals surface area contributed by atoms with Crippen molar-refractivity contribution in [1.29, 1.82) is 0 Å². The van der Waals surface area contributed by atoms with Crippen molar-refractivity contribution < 1.29 is 24.8 Å². The van der Waals surface area contributed by atoms with Crippen molar-refractivity contribution in [3.05, 3.63) is 0 Å². The van der Waals surface area contributed by atoms with Gasteiger partial charge in [0.25, 0.3) is 0 Å². The molecule has 0 saturated carbocycles. The largest absolute Gasteiger partial charge is 0.394 e. The number of aliphatic hydroxyl groups is 3. The van der Waals surface area contributed by atoms with Crippen LogP contribution in [0, 0.1) is 0 Å². The Hall–Kier alpha value is -0.200. The van der Waals surface area contributed by atoms with Gasteiger partial charge in [0, 0.05) is 7.11 Å². The van der Waals surface area contributed by atoms with Crippen LogP contribution in [0.3, 0.4) is 0 Å². The van der Waals surface area contributed by atoms with Crippen molar-refractivity contribution in [2.45, 2.75) is 24.4 Å². The van der Waals surface area contributed by atoms with Gasteiger partial charge in [-0.15, -0.1) is 0 Å². The molecule has 5 nitrogen and oxygen atoms in total. The van der Waals surface area contributed by atoms with E-state index in [2.05, 4.69) is 0 Å². The molecule has 3 N–H and O–H groups in total. The fraction of sp³-hybridized carbons (Fsp3) is 1.00. The lowest BCUT2D eigenvalue weighted by atomic mass is 10.0. The first-order valence-electron chi connectivity index (χ1n) is 3.82. The van der Waals surface area contributed by atoms with Crippen molar-refractivity contribution in [2.75, 3.05) is 20.3 Å². The molecule has 1 aliphatic heterocycles. The van der Waals surface area contributed by atoms with Gasteiger partial charge in [-0.3, -0.25) is 0 Å². The van der Waals surface area contributed by atoms with Crippen LogP contribution in [0.1, 0.15) is 0 Å². The Balaban J connectivity index is 2.52. The lowest BCUT2D eigenvalue weighted by Gasteiger charge is -2.35.